The fourth-order valence-electron chi connectivity index (χ4n) is 4.26. The molecule has 31 heavy (non-hydrogen) atoms. The van der Waals surface area contributed by atoms with Gasteiger partial charge in [0, 0.05) is 50.5 Å². The first-order valence-electron chi connectivity index (χ1n) is 10.5. The number of carbonyl (C=O) groups is 1. The lowest BCUT2D eigenvalue weighted by Gasteiger charge is -2.36. The van der Waals surface area contributed by atoms with Crippen molar-refractivity contribution in [3.05, 3.63) is 89.6 Å². The second-order valence-electron chi connectivity index (χ2n) is 7.97. The van der Waals surface area contributed by atoms with E-state index in [0.717, 1.165) is 16.8 Å². The van der Waals surface area contributed by atoms with Gasteiger partial charge in [-0.3, -0.25) is 4.79 Å². The number of hydrogen-bond donors (Lipinski definition) is 0. The number of rotatable bonds is 4. The Labute approximate surface area is 180 Å². The van der Waals surface area contributed by atoms with E-state index in [-0.39, 0.29) is 11.7 Å². The summed E-state index contributed by atoms with van der Waals surface area (Å²) in [4.78, 5) is 17.5. The molecule has 0 N–H and O–H groups in total. The summed E-state index contributed by atoms with van der Waals surface area (Å²) in [6, 6.07) is 18.5. The molecule has 1 saturated heterocycles. The standard InChI is InChI=1S/C25H24FN3O2/c1-18-4-2-3-5-19(18)17-29-22-10-15-31-24(22)16-23(29)25(30)28-13-11-27(12-14-28)21-8-6-20(26)7-9-21/h2-10,15-16H,11-14,17H2,1H3. The zero-order valence-corrected chi connectivity index (χ0v) is 17.4. The van der Waals surface area contributed by atoms with Crippen molar-refractivity contribution in [1.29, 1.82) is 0 Å². The molecule has 5 rings (SSSR count). The molecule has 2 aromatic heterocycles. The molecule has 2 aromatic carbocycles. The lowest BCUT2D eigenvalue weighted by Crippen LogP contribution is -2.49. The van der Waals surface area contributed by atoms with Gasteiger partial charge in [-0.05, 0) is 42.3 Å². The Bertz CT molecular complexity index is 1220. The zero-order chi connectivity index (χ0) is 21.4. The molecule has 4 aromatic rings. The molecule has 0 radical (unpaired) electrons. The van der Waals surface area contributed by atoms with Gasteiger partial charge in [0.25, 0.3) is 5.91 Å². The number of aromatic nitrogens is 1. The Kier molecular flexibility index (Phi) is 4.98. The Morgan fingerprint density at radius 1 is 1.00 bits per heavy atom. The van der Waals surface area contributed by atoms with Crippen molar-refractivity contribution < 1.29 is 13.6 Å². The average molecular weight is 417 g/mol. The molecule has 158 valence electrons. The molecule has 0 spiro atoms. The number of furan rings is 1. The van der Waals surface area contributed by atoms with Crippen LogP contribution in [-0.4, -0.2) is 41.6 Å². The molecule has 0 unspecified atom stereocenters. The van der Waals surface area contributed by atoms with Crippen molar-refractivity contribution in [3.63, 3.8) is 0 Å². The molecule has 0 aliphatic carbocycles. The van der Waals surface area contributed by atoms with Crippen molar-refractivity contribution in [2.24, 2.45) is 0 Å². The molecule has 1 amide bonds. The number of piperazine rings is 1. The van der Waals surface area contributed by atoms with E-state index in [1.807, 2.05) is 29.2 Å². The van der Waals surface area contributed by atoms with E-state index in [4.69, 9.17) is 4.42 Å². The second kappa shape index (κ2) is 7.95. The normalized spacial score (nSPS) is 14.4. The molecule has 1 aliphatic heterocycles. The highest BCUT2D eigenvalue weighted by Crippen LogP contribution is 2.25. The van der Waals surface area contributed by atoms with Gasteiger partial charge in [0.05, 0.1) is 11.8 Å². The van der Waals surface area contributed by atoms with Crippen LogP contribution in [0.3, 0.4) is 0 Å². The summed E-state index contributed by atoms with van der Waals surface area (Å²) >= 11 is 0. The summed E-state index contributed by atoms with van der Waals surface area (Å²) in [6.45, 7) is 5.37. The highest BCUT2D eigenvalue weighted by Gasteiger charge is 2.26. The Hall–Kier alpha value is -3.54. The maximum atomic E-state index is 13.4. The minimum Gasteiger partial charge on any atom is -0.463 e. The van der Waals surface area contributed by atoms with E-state index in [2.05, 4.69) is 28.5 Å². The topological polar surface area (TPSA) is 41.6 Å². The first-order valence-corrected chi connectivity index (χ1v) is 10.5. The third-order valence-corrected chi connectivity index (χ3v) is 6.09. The van der Waals surface area contributed by atoms with Crippen LogP contribution < -0.4 is 4.90 Å². The first-order chi connectivity index (χ1) is 15.1. The van der Waals surface area contributed by atoms with Crippen LogP contribution in [-0.2, 0) is 6.54 Å². The monoisotopic (exact) mass is 417 g/mol. The van der Waals surface area contributed by atoms with Crippen molar-refractivity contribution in [3.8, 4) is 0 Å². The molecule has 0 bridgehead atoms. The fraction of sp³-hybridized carbons (Fsp3) is 0.240. The van der Waals surface area contributed by atoms with E-state index < -0.39 is 0 Å². The van der Waals surface area contributed by atoms with E-state index in [0.29, 0.717) is 38.4 Å². The Balaban J connectivity index is 1.37. The minimum absolute atomic E-state index is 0.0127. The molecular weight excluding hydrogens is 393 g/mol. The number of nitrogens with zero attached hydrogens (tertiary/aromatic N) is 3. The van der Waals surface area contributed by atoms with Gasteiger partial charge in [0.15, 0.2) is 5.58 Å². The van der Waals surface area contributed by atoms with E-state index in [9.17, 15) is 9.18 Å². The number of amides is 1. The van der Waals surface area contributed by atoms with Crippen LogP contribution in [0.1, 0.15) is 21.6 Å². The van der Waals surface area contributed by atoms with Crippen molar-refractivity contribution in [2.45, 2.75) is 13.5 Å². The van der Waals surface area contributed by atoms with Gasteiger partial charge in [-0.25, -0.2) is 4.39 Å². The minimum atomic E-state index is -0.240. The van der Waals surface area contributed by atoms with Crippen LogP contribution in [0.5, 0.6) is 0 Å². The fourth-order valence-corrected chi connectivity index (χ4v) is 4.26. The van der Waals surface area contributed by atoms with Gasteiger partial charge in [-0.15, -0.1) is 0 Å². The number of halogens is 1. The van der Waals surface area contributed by atoms with E-state index in [1.165, 1.54) is 23.3 Å². The Morgan fingerprint density at radius 2 is 1.74 bits per heavy atom. The third-order valence-electron chi connectivity index (χ3n) is 6.09. The number of benzene rings is 2. The van der Waals surface area contributed by atoms with Gasteiger partial charge in [0.2, 0.25) is 0 Å². The van der Waals surface area contributed by atoms with Gasteiger partial charge in [-0.1, -0.05) is 24.3 Å². The van der Waals surface area contributed by atoms with Gasteiger partial charge in [-0.2, -0.15) is 0 Å². The number of carbonyl (C=O) groups excluding carboxylic acids is 1. The largest absolute Gasteiger partial charge is 0.463 e. The number of anilines is 1. The van der Waals surface area contributed by atoms with E-state index in [1.54, 1.807) is 18.4 Å². The lowest BCUT2D eigenvalue weighted by atomic mass is 10.1. The number of hydrogen-bond acceptors (Lipinski definition) is 3. The summed E-state index contributed by atoms with van der Waals surface area (Å²) < 4.78 is 20.9. The molecule has 1 aliphatic rings. The lowest BCUT2D eigenvalue weighted by molar-refractivity contribution is 0.0737. The maximum Gasteiger partial charge on any atom is 0.270 e. The quantitative estimate of drug-likeness (QED) is 0.484. The molecule has 5 nitrogen and oxygen atoms in total. The van der Waals surface area contributed by atoms with Crippen molar-refractivity contribution >= 4 is 22.7 Å². The molecule has 0 atom stereocenters. The van der Waals surface area contributed by atoms with Gasteiger partial charge in [0.1, 0.15) is 11.5 Å². The van der Waals surface area contributed by atoms with Crippen molar-refractivity contribution in [2.75, 3.05) is 31.1 Å². The van der Waals surface area contributed by atoms with Gasteiger partial charge >= 0.3 is 0 Å². The van der Waals surface area contributed by atoms with Crippen LogP contribution in [0.4, 0.5) is 10.1 Å². The van der Waals surface area contributed by atoms with Gasteiger partial charge < -0.3 is 18.8 Å². The second-order valence-corrected chi connectivity index (χ2v) is 7.97. The highest BCUT2D eigenvalue weighted by molar-refractivity contribution is 5.97. The Morgan fingerprint density at radius 3 is 2.48 bits per heavy atom. The summed E-state index contributed by atoms with van der Waals surface area (Å²) in [6.07, 6.45) is 1.66. The molecule has 6 heteroatoms. The van der Waals surface area contributed by atoms with Crippen LogP contribution in [0.25, 0.3) is 11.1 Å². The molecular formula is C25H24FN3O2. The molecule has 3 heterocycles. The highest BCUT2D eigenvalue weighted by atomic mass is 19.1. The van der Waals surface area contributed by atoms with Crippen LogP contribution in [0.2, 0.25) is 0 Å². The van der Waals surface area contributed by atoms with Crippen LogP contribution in [0, 0.1) is 12.7 Å². The third kappa shape index (κ3) is 3.69. The van der Waals surface area contributed by atoms with E-state index >= 15 is 0 Å². The predicted octanol–water partition coefficient (Wildman–Crippen LogP) is 4.69. The predicted molar refractivity (Wildman–Crippen MR) is 119 cm³/mol. The average Bonchev–Trinajstić information content (AvgIpc) is 3.38. The van der Waals surface area contributed by atoms with Crippen LogP contribution >= 0.6 is 0 Å². The number of fused-ring (bicyclic) bond motifs is 1. The van der Waals surface area contributed by atoms with Crippen LogP contribution in [0.15, 0.2) is 71.3 Å². The molecule has 0 saturated carbocycles. The summed E-state index contributed by atoms with van der Waals surface area (Å²) in [7, 11) is 0. The first kappa shape index (κ1) is 19.4. The summed E-state index contributed by atoms with van der Waals surface area (Å²) in [5, 5.41) is 0. The summed E-state index contributed by atoms with van der Waals surface area (Å²) in [5.41, 5.74) is 5.65. The summed E-state index contributed by atoms with van der Waals surface area (Å²) in [5.74, 6) is -0.227. The smallest absolute Gasteiger partial charge is 0.270 e. The zero-order valence-electron chi connectivity index (χ0n) is 17.4. The maximum absolute atomic E-state index is 13.4. The van der Waals surface area contributed by atoms with Crippen molar-refractivity contribution in [1.82, 2.24) is 9.47 Å². The SMILES string of the molecule is Cc1ccccc1Cn1c(C(=O)N2CCN(c3ccc(F)cc3)CC2)cc2occc21. The molecule has 1 fully saturated rings. The number of aryl methyl sites for hydroxylation is 1.